The van der Waals surface area contributed by atoms with Gasteiger partial charge in [-0.3, -0.25) is 14.5 Å². The van der Waals surface area contributed by atoms with Gasteiger partial charge in [0.05, 0.1) is 12.3 Å². The van der Waals surface area contributed by atoms with E-state index in [1.165, 1.54) is 24.0 Å². The van der Waals surface area contributed by atoms with Crippen LogP contribution in [0.2, 0.25) is 0 Å². The van der Waals surface area contributed by atoms with Crippen LogP contribution in [0, 0.1) is 0 Å². The van der Waals surface area contributed by atoms with Gasteiger partial charge in [0.2, 0.25) is 0 Å². The Labute approximate surface area is 178 Å². The van der Waals surface area contributed by atoms with Crippen LogP contribution in [0.15, 0.2) is 47.1 Å². The average molecular weight is 410 g/mol. The highest BCUT2D eigenvalue weighted by Gasteiger charge is 2.28. The van der Waals surface area contributed by atoms with E-state index in [1.54, 1.807) is 6.26 Å². The Morgan fingerprint density at radius 1 is 1.00 bits per heavy atom. The van der Waals surface area contributed by atoms with Gasteiger partial charge < -0.3 is 15.1 Å². The minimum Gasteiger partial charge on any atom is -0.468 e. The minimum atomic E-state index is -0.562. The molecule has 2 aliphatic rings. The van der Waals surface area contributed by atoms with E-state index in [9.17, 15) is 9.59 Å². The number of benzene rings is 1. The quantitative estimate of drug-likeness (QED) is 0.587. The molecule has 4 rings (SSSR count). The molecule has 1 aliphatic heterocycles. The molecule has 6 heteroatoms. The van der Waals surface area contributed by atoms with Crippen LogP contribution in [-0.4, -0.2) is 35.8 Å². The zero-order valence-corrected chi connectivity index (χ0v) is 17.4. The predicted molar refractivity (Wildman–Crippen MR) is 115 cm³/mol. The number of hydrogen-bond acceptors (Lipinski definition) is 4. The van der Waals surface area contributed by atoms with Gasteiger partial charge in [0.25, 0.3) is 0 Å². The lowest BCUT2D eigenvalue weighted by molar-refractivity contribution is -0.139. The molecule has 1 aliphatic carbocycles. The molecule has 1 saturated carbocycles. The third kappa shape index (κ3) is 5.11. The Bertz CT molecular complexity index is 841. The summed E-state index contributed by atoms with van der Waals surface area (Å²) in [5.41, 5.74) is 2.68. The van der Waals surface area contributed by atoms with Crippen LogP contribution in [0.5, 0.6) is 0 Å². The van der Waals surface area contributed by atoms with Crippen molar-refractivity contribution < 1.29 is 14.0 Å². The third-order valence-corrected chi connectivity index (χ3v) is 6.33. The predicted octanol–water partition coefficient (Wildman–Crippen LogP) is 3.33. The molecule has 2 N–H and O–H groups in total. The molecule has 160 valence electrons. The van der Waals surface area contributed by atoms with Crippen LogP contribution in [0.3, 0.4) is 0 Å². The van der Waals surface area contributed by atoms with Crippen molar-refractivity contribution in [3.05, 3.63) is 59.5 Å². The van der Waals surface area contributed by atoms with Gasteiger partial charge in [0, 0.05) is 25.7 Å². The highest BCUT2D eigenvalue weighted by Crippen LogP contribution is 2.28. The smallest absolute Gasteiger partial charge is 0.309 e. The van der Waals surface area contributed by atoms with Crippen molar-refractivity contribution in [2.45, 2.75) is 63.6 Å². The maximum atomic E-state index is 12.5. The summed E-state index contributed by atoms with van der Waals surface area (Å²) in [4.78, 5) is 27.2. The van der Waals surface area contributed by atoms with E-state index in [4.69, 9.17) is 4.42 Å². The lowest BCUT2D eigenvalue weighted by Gasteiger charge is -2.34. The fourth-order valence-corrected chi connectivity index (χ4v) is 4.62. The molecule has 1 aromatic carbocycles. The van der Waals surface area contributed by atoms with Crippen molar-refractivity contribution >= 4 is 11.8 Å². The normalized spacial score (nSPS) is 18.8. The molecule has 1 fully saturated rings. The monoisotopic (exact) mass is 409 g/mol. The van der Waals surface area contributed by atoms with Crippen LogP contribution < -0.4 is 10.6 Å². The van der Waals surface area contributed by atoms with Gasteiger partial charge in [-0.1, -0.05) is 49.9 Å². The molecule has 6 nitrogen and oxygen atoms in total. The molecular weight excluding hydrogens is 378 g/mol. The second kappa shape index (κ2) is 9.94. The first kappa shape index (κ1) is 20.7. The van der Waals surface area contributed by atoms with Crippen molar-refractivity contribution in [3.8, 4) is 0 Å². The zero-order valence-electron chi connectivity index (χ0n) is 17.4. The number of carbonyl (C=O) groups is 2. The maximum absolute atomic E-state index is 12.5. The number of furan rings is 1. The fraction of sp³-hybridized carbons (Fsp3) is 0.500. The molecule has 0 bridgehead atoms. The van der Waals surface area contributed by atoms with E-state index in [-0.39, 0.29) is 12.1 Å². The molecule has 1 aromatic heterocycles. The van der Waals surface area contributed by atoms with Crippen LogP contribution in [0.25, 0.3) is 0 Å². The van der Waals surface area contributed by atoms with E-state index in [0.717, 1.165) is 51.0 Å². The SMILES string of the molecule is O=C(NC[C@@H](c1ccco1)N1CCc2ccccc2C1)C(=O)NC1CCCCCC1. The Morgan fingerprint density at radius 2 is 1.77 bits per heavy atom. The molecular formula is C24H31N3O3. The summed E-state index contributed by atoms with van der Waals surface area (Å²) in [6.07, 6.45) is 9.19. The summed E-state index contributed by atoms with van der Waals surface area (Å²) < 4.78 is 5.67. The second-order valence-electron chi connectivity index (χ2n) is 8.39. The lowest BCUT2D eigenvalue weighted by atomic mass is 9.98. The fourth-order valence-electron chi connectivity index (χ4n) is 4.62. The van der Waals surface area contributed by atoms with Crippen molar-refractivity contribution in [2.24, 2.45) is 0 Å². The number of hydrogen-bond donors (Lipinski definition) is 2. The lowest BCUT2D eigenvalue weighted by Crippen LogP contribution is -2.47. The third-order valence-electron chi connectivity index (χ3n) is 6.33. The largest absolute Gasteiger partial charge is 0.468 e. The topological polar surface area (TPSA) is 74.6 Å². The molecule has 2 heterocycles. The molecule has 0 unspecified atom stereocenters. The summed E-state index contributed by atoms with van der Waals surface area (Å²) in [6, 6.07) is 12.3. The first-order chi connectivity index (χ1) is 14.7. The van der Waals surface area contributed by atoms with Gasteiger partial charge in [0.15, 0.2) is 0 Å². The first-order valence-corrected chi connectivity index (χ1v) is 11.1. The van der Waals surface area contributed by atoms with Gasteiger partial charge in [-0.2, -0.15) is 0 Å². The van der Waals surface area contributed by atoms with Gasteiger partial charge >= 0.3 is 11.8 Å². The highest BCUT2D eigenvalue weighted by atomic mass is 16.3. The number of carbonyl (C=O) groups excluding carboxylic acids is 2. The number of amides is 2. The molecule has 1 atom stereocenters. The number of nitrogens with zero attached hydrogens (tertiary/aromatic N) is 1. The second-order valence-corrected chi connectivity index (χ2v) is 8.39. The average Bonchev–Trinajstić information content (AvgIpc) is 3.18. The van der Waals surface area contributed by atoms with Crippen molar-refractivity contribution in [2.75, 3.05) is 13.1 Å². The Morgan fingerprint density at radius 3 is 2.50 bits per heavy atom. The summed E-state index contributed by atoms with van der Waals surface area (Å²) in [7, 11) is 0. The molecule has 2 amide bonds. The molecule has 2 aromatic rings. The summed E-state index contributed by atoms with van der Waals surface area (Å²) in [5.74, 6) is -0.281. The van der Waals surface area contributed by atoms with E-state index >= 15 is 0 Å². The summed E-state index contributed by atoms with van der Waals surface area (Å²) >= 11 is 0. The summed E-state index contributed by atoms with van der Waals surface area (Å²) in [6.45, 7) is 2.02. The van der Waals surface area contributed by atoms with E-state index < -0.39 is 11.8 Å². The van der Waals surface area contributed by atoms with E-state index in [2.05, 4.69) is 39.8 Å². The molecule has 0 radical (unpaired) electrons. The highest BCUT2D eigenvalue weighted by molar-refractivity contribution is 6.35. The van der Waals surface area contributed by atoms with Crippen LogP contribution in [0.4, 0.5) is 0 Å². The number of rotatable bonds is 5. The van der Waals surface area contributed by atoms with Crippen LogP contribution >= 0.6 is 0 Å². The number of fused-ring (bicyclic) bond motifs is 1. The number of nitrogens with one attached hydrogen (secondary N) is 2. The van der Waals surface area contributed by atoms with Gasteiger partial charge in [-0.05, 0) is 42.5 Å². The zero-order chi connectivity index (χ0) is 20.8. The molecule has 30 heavy (non-hydrogen) atoms. The van der Waals surface area contributed by atoms with E-state index in [0.29, 0.717) is 6.54 Å². The first-order valence-electron chi connectivity index (χ1n) is 11.1. The van der Waals surface area contributed by atoms with Gasteiger partial charge in [-0.25, -0.2) is 0 Å². The van der Waals surface area contributed by atoms with Crippen LogP contribution in [-0.2, 0) is 22.6 Å². The minimum absolute atomic E-state index is 0.108. The Balaban J connectivity index is 1.37. The van der Waals surface area contributed by atoms with Crippen molar-refractivity contribution in [1.29, 1.82) is 0 Å². The standard InChI is InChI=1S/C24H31N3O3/c28-23(24(29)26-20-10-3-1-2-4-11-20)25-16-21(22-12-7-15-30-22)27-14-13-18-8-5-6-9-19(18)17-27/h5-9,12,15,20-21H,1-4,10-11,13-14,16-17H2,(H,25,28)(H,26,29)/t21-/m0/s1. The van der Waals surface area contributed by atoms with Gasteiger partial charge in [0.1, 0.15) is 5.76 Å². The molecule has 0 spiro atoms. The van der Waals surface area contributed by atoms with Gasteiger partial charge in [-0.15, -0.1) is 0 Å². The maximum Gasteiger partial charge on any atom is 0.309 e. The van der Waals surface area contributed by atoms with Crippen LogP contribution in [0.1, 0.15) is 61.5 Å². The Hall–Kier alpha value is -2.60. The van der Waals surface area contributed by atoms with E-state index in [1.807, 2.05) is 12.1 Å². The van der Waals surface area contributed by atoms with Crippen molar-refractivity contribution in [1.82, 2.24) is 15.5 Å². The van der Waals surface area contributed by atoms with Crippen molar-refractivity contribution in [3.63, 3.8) is 0 Å². The Kier molecular flexibility index (Phi) is 6.84. The molecule has 0 saturated heterocycles. The summed E-state index contributed by atoms with van der Waals surface area (Å²) in [5, 5.41) is 5.77.